The number of pyridine rings is 1. The third kappa shape index (κ3) is 7.69. The van der Waals surface area contributed by atoms with E-state index in [9.17, 15) is 5.11 Å². The van der Waals surface area contributed by atoms with Crippen LogP contribution in [0, 0.1) is 19.9 Å². The predicted molar refractivity (Wildman–Crippen MR) is 240 cm³/mol. The molecule has 5 heteroatoms. The summed E-state index contributed by atoms with van der Waals surface area (Å²) in [5.41, 5.74) is 16.7. The van der Waals surface area contributed by atoms with Gasteiger partial charge in [0.15, 0.2) is 0 Å². The number of imidazole rings is 1. The SMILES string of the molecule is Cc1cc(C)c(O)c(-c2nc3c(-c4[c-]c(-c5cc(-c6ccccc6)ccn5)cc(-c5ccccc5)c4)cccc3n2-c2ccc(-c3ccccc3)c(C(C)(C)C)c2)c1.[Pt]. The molecule has 2 heterocycles. The maximum absolute atomic E-state index is 11.7. The largest absolute Gasteiger partial charge is 0.507 e. The number of phenolic OH excluding ortho intramolecular Hbond substituents is 1. The molecule has 0 spiro atoms. The van der Waals surface area contributed by atoms with Crippen molar-refractivity contribution < 1.29 is 26.2 Å². The summed E-state index contributed by atoms with van der Waals surface area (Å²) in [4.78, 5) is 10.3. The first kappa shape index (κ1) is 39.5. The summed E-state index contributed by atoms with van der Waals surface area (Å²) in [5, 5.41) is 11.7. The molecule has 4 nitrogen and oxygen atoms in total. The molecular weight excluding hydrogens is 902 g/mol. The van der Waals surface area contributed by atoms with Crippen LogP contribution < -0.4 is 0 Å². The van der Waals surface area contributed by atoms with E-state index in [2.05, 4.69) is 178 Å². The van der Waals surface area contributed by atoms with Crippen LogP contribution in [0.4, 0.5) is 0 Å². The molecule has 9 aromatic rings. The molecule has 7 aromatic carbocycles. The summed E-state index contributed by atoms with van der Waals surface area (Å²) in [6.07, 6.45) is 1.88. The number of aromatic hydroxyl groups is 1. The van der Waals surface area contributed by atoms with Gasteiger partial charge in [0.25, 0.3) is 0 Å². The predicted octanol–water partition coefficient (Wildman–Crippen LogP) is 13.8. The van der Waals surface area contributed by atoms with Crippen molar-refractivity contribution in [3.05, 3.63) is 193 Å². The van der Waals surface area contributed by atoms with Crippen LogP contribution in [0.1, 0.15) is 37.5 Å². The zero-order chi connectivity index (χ0) is 40.0. The monoisotopic (exact) mass is 945 g/mol. The molecule has 1 N–H and O–H groups in total. The minimum atomic E-state index is -0.153. The van der Waals surface area contributed by atoms with Gasteiger partial charge in [0.2, 0.25) is 0 Å². The molecule has 0 fully saturated rings. The van der Waals surface area contributed by atoms with Gasteiger partial charge in [-0.05, 0) is 94.1 Å². The van der Waals surface area contributed by atoms with Gasteiger partial charge in [-0.3, -0.25) is 9.55 Å². The molecule has 0 saturated heterocycles. The zero-order valence-electron chi connectivity index (χ0n) is 33.8. The molecule has 0 atom stereocenters. The number of aryl methyl sites for hydroxylation is 2. The molecule has 59 heavy (non-hydrogen) atoms. The third-order valence-electron chi connectivity index (χ3n) is 10.9. The van der Waals surface area contributed by atoms with E-state index in [0.717, 1.165) is 72.5 Å². The molecule has 0 saturated carbocycles. The van der Waals surface area contributed by atoms with Crippen LogP contribution in [0.15, 0.2) is 170 Å². The van der Waals surface area contributed by atoms with Crippen molar-refractivity contribution in [3.63, 3.8) is 0 Å². The van der Waals surface area contributed by atoms with E-state index in [-0.39, 0.29) is 32.2 Å². The van der Waals surface area contributed by atoms with E-state index in [1.165, 1.54) is 16.7 Å². The van der Waals surface area contributed by atoms with Gasteiger partial charge in [0.1, 0.15) is 11.6 Å². The van der Waals surface area contributed by atoms with Gasteiger partial charge < -0.3 is 5.11 Å². The van der Waals surface area contributed by atoms with Gasteiger partial charge in [-0.2, -0.15) is 0 Å². The molecule has 292 valence electrons. The molecule has 2 aromatic heterocycles. The summed E-state index contributed by atoms with van der Waals surface area (Å²) in [5.74, 6) is 0.903. The van der Waals surface area contributed by atoms with Crippen LogP contribution in [0.25, 0.3) is 83.9 Å². The Labute approximate surface area is 361 Å². The molecule has 0 aliphatic heterocycles. The topological polar surface area (TPSA) is 50.9 Å². The van der Waals surface area contributed by atoms with Gasteiger partial charge in [0, 0.05) is 38.6 Å². The molecule has 0 aliphatic carbocycles. The Morgan fingerprint density at radius 2 is 1.20 bits per heavy atom. The van der Waals surface area contributed by atoms with Crippen molar-refractivity contribution >= 4 is 11.0 Å². The van der Waals surface area contributed by atoms with Crippen LogP contribution in [0.5, 0.6) is 5.75 Å². The number of phenols is 1. The first-order chi connectivity index (χ1) is 28.1. The summed E-state index contributed by atoms with van der Waals surface area (Å²) >= 11 is 0. The second-order valence-electron chi connectivity index (χ2n) is 16.1. The van der Waals surface area contributed by atoms with E-state index in [1.54, 1.807) is 0 Å². The van der Waals surface area contributed by atoms with Gasteiger partial charge in [-0.25, -0.2) is 4.98 Å². The van der Waals surface area contributed by atoms with Gasteiger partial charge in [0.05, 0.1) is 16.6 Å². The first-order valence-electron chi connectivity index (χ1n) is 19.8. The second kappa shape index (κ2) is 16.1. The van der Waals surface area contributed by atoms with Crippen molar-refractivity contribution in [2.24, 2.45) is 0 Å². The number of nitrogens with zero attached hydrogens (tertiary/aromatic N) is 3. The minimum Gasteiger partial charge on any atom is -0.507 e. The fourth-order valence-electron chi connectivity index (χ4n) is 8.09. The van der Waals surface area contributed by atoms with E-state index < -0.39 is 0 Å². The van der Waals surface area contributed by atoms with Gasteiger partial charge in [-0.15, -0.1) is 23.8 Å². The number of aromatic nitrogens is 3. The van der Waals surface area contributed by atoms with Crippen molar-refractivity contribution in [1.82, 2.24) is 14.5 Å². The van der Waals surface area contributed by atoms with E-state index in [4.69, 9.17) is 9.97 Å². The molecule has 9 rings (SSSR count). The number of para-hydroxylation sites is 1. The van der Waals surface area contributed by atoms with Crippen LogP contribution >= 0.6 is 0 Å². The number of fused-ring (bicyclic) bond motifs is 1. The number of hydrogen-bond donors (Lipinski definition) is 1. The minimum absolute atomic E-state index is 0. The van der Waals surface area contributed by atoms with Crippen LogP contribution in [0.3, 0.4) is 0 Å². The quantitative estimate of drug-likeness (QED) is 0.162. The molecular formula is C54H44N3OPt-. The fraction of sp³-hybridized carbons (Fsp3) is 0.111. The Bertz CT molecular complexity index is 2950. The van der Waals surface area contributed by atoms with Crippen LogP contribution in [-0.4, -0.2) is 19.6 Å². The summed E-state index contributed by atoms with van der Waals surface area (Å²) in [6, 6.07) is 60.9. The zero-order valence-corrected chi connectivity index (χ0v) is 36.0. The maximum Gasteiger partial charge on any atom is 0.148 e. The van der Waals surface area contributed by atoms with Crippen LogP contribution in [-0.2, 0) is 26.5 Å². The molecule has 0 unspecified atom stereocenters. The summed E-state index contributed by atoms with van der Waals surface area (Å²) in [6.45, 7) is 10.8. The average Bonchev–Trinajstić information content (AvgIpc) is 3.65. The fourth-order valence-corrected chi connectivity index (χ4v) is 8.09. The van der Waals surface area contributed by atoms with Crippen LogP contribution in [0.2, 0.25) is 0 Å². The second-order valence-corrected chi connectivity index (χ2v) is 16.1. The smallest absolute Gasteiger partial charge is 0.148 e. The van der Waals surface area contributed by atoms with E-state index in [1.807, 2.05) is 37.4 Å². The Balaban J connectivity index is 0.00000484. The van der Waals surface area contributed by atoms with Crippen molar-refractivity contribution in [2.75, 3.05) is 0 Å². The van der Waals surface area contributed by atoms with E-state index in [0.29, 0.717) is 11.4 Å². The Morgan fingerprint density at radius 1 is 0.559 bits per heavy atom. The molecule has 0 bridgehead atoms. The summed E-state index contributed by atoms with van der Waals surface area (Å²) in [7, 11) is 0. The van der Waals surface area contributed by atoms with Crippen molar-refractivity contribution in [3.8, 4) is 78.6 Å². The number of benzene rings is 7. The van der Waals surface area contributed by atoms with Gasteiger partial charge in [-0.1, -0.05) is 159 Å². The molecule has 0 aliphatic rings. The van der Waals surface area contributed by atoms with Gasteiger partial charge >= 0.3 is 0 Å². The standard InChI is InChI=1S/C54H44N3O.Pt/c1-35-28-36(2)52(58)47(29-35)53-56-51-46(22-15-23-50(51)57(53)44-24-25-45(39-20-13-8-14-21-39)48(34-44)54(3,4)5)42-30-41(38-18-11-7-12-19-38)31-43(32-42)49-33-40(26-27-55-49)37-16-9-6-10-17-37;/h6-31,33-34,58H,1-5H3;/q-1;. The normalized spacial score (nSPS) is 11.4. The Hall–Kier alpha value is -6.35. The third-order valence-corrected chi connectivity index (χ3v) is 10.9. The Kier molecular flexibility index (Phi) is 10.8. The number of rotatable bonds is 7. The number of hydrogen-bond acceptors (Lipinski definition) is 3. The van der Waals surface area contributed by atoms with Crippen molar-refractivity contribution in [2.45, 2.75) is 40.0 Å². The molecule has 0 amide bonds. The average molecular weight is 946 g/mol. The van der Waals surface area contributed by atoms with E-state index >= 15 is 0 Å². The summed E-state index contributed by atoms with van der Waals surface area (Å²) < 4.78 is 2.21. The molecule has 0 radical (unpaired) electrons. The van der Waals surface area contributed by atoms with Crippen molar-refractivity contribution in [1.29, 1.82) is 0 Å². The Morgan fingerprint density at radius 3 is 1.88 bits per heavy atom. The first-order valence-corrected chi connectivity index (χ1v) is 19.8. The maximum atomic E-state index is 11.7.